The lowest BCUT2D eigenvalue weighted by Crippen LogP contribution is -2.29. The van der Waals surface area contributed by atoms with Gasteiger partial charge >= 0.3 is 11.9 Å². The highest BCUT2D eigenvalue weighted by Crippen LogP contribution is 2.46. The summed E-state index contributed by atoms with van der Waals surface area (Å²) >= 11 is 0. The number of carboxylic acids is 2. The Morgan fingerprint density at radius 2 is 0.880 bits per heavy atom. The van der Waals surface area contributed by atoms with Gasteiger partial charge in [-0.1, -0.05) is 12.1 Å². The Morgan fingerprint density at radius 1 is 0.560 bits per heavy atom. The Kier molecular flexibility index (Phi) is 11.4. The Morgan fingerprint density at radius 3 is 1.16 bits per heavy atom. The van der Waals surface area contributed by atoms with E-state index in [1.165, 1.54) is 52.7 Å². The maximum atomic E-state index is 12.6. The third-order valence-corrected chi connectivity index (χ3v) is 7.27. The molecule has 0 unspecified atom stereocenters. The van der Waals surface area contributed by atoms with Crippen molar-refractivity contribution in [3.63, 3.8) is 0 Å². The summed E-state index contributed by atoms with van der Waals surface area (Å²) in [4.78, 5) is 47.0. The maximum absolute atomic E-state index is 12.6. The van der Waals surface area contributed by atoms with E-state index in [1.54, 1.807) is 36.4 Å². The van der Waals surface area contributed by atoms with Crippen molar-refractivity contribution in [2.24, 2.45) is 10.2 Å². The molecule has 0 saturated heterocycles. The van der Waals surface area contributed by atoms with Crippen molar-refractivity contribution in [3.05, 3.63) is 71.8 Å². The van der Waals surface area contributed by atoms with Crippen LogP contribution in [0, 0.1) is 0 Å². The smallest absolute Gasteiger partial charge is 0.322 e. The van der Waals surface area contributed by atoms with Crippen LogP contribution in [0.5, 0.6) is 23.0 Å². The molecular weight excluding hydrogens is 652 g/mol. The first-order valence-electron chi connectivity index (χ1n) is 14.6. The monoisotopic (exact) mass is 686 g/mol. The van der Waals surface area contributed by atoms with E-state index in [9.17, 15) is 19.2 Å². The molecule has 0 aliphatic heterocycles. The van der Waals surface area contributed by atoms with E-state index >= 15 is 0 Å². The fraction of sp³-hybridized carbons (Fsp3) is 0.176. The molecule has 4 aromatic carbocycles. The quantitative estimate of drug-likeness (QED) is 0.0804. The second-order valence-electron chi connectivity index (χ2n) is 10.4. The number of carbonyl (C=O) groups excluding carboxylic acids is 2. The number of rotatable bonds is 14. The number of azo groups is 1. The van der Waals surface area contributed by atoms with Gasteiger partial charge in [-0.05, 0) is 70.8 Å². The Labute approximate surface area is 285 Å². The topological polar surface area (TPSA) is 246 Å². The molecule has 0 aliphatic rings. The number of amides is 2. The zero-order valence-electron chi connectivity index (χ0n) is 27.4. The summed E-state index contributed by atoms with van der Waals surface area (Å²) < 4.78 is 22.5. The molecule has 0 heterocycles. The van der Waals surface area contributed by atoms with Crippen LogP contribution in [0.25, 0.3) is 22.3 Å². The lowest BCUT2D eigenvalue weighted by molar-refractivity contribution is -0.136. The van der Waals surface area contributed by atoms with Gasteiger partial charge in [0.1, 0.15) is 13.1 Å². The van der Waals surface area contributed by atoms with Gasteiger partial charge in [-0.3, -0.25) is 19.2 Å². The predicted molar refractivity (Wildman–Crippen MR) is 183 cm³/mol. The number of carbonyl (C=O) groups is 4. The molecular formula is C34H34N6O10. The second-order valence-corrected chi connectivity index (χ2v) is 10.4. The number of methoxy groups -OCH3 is 4. The van der Waals surface area contributed by atoms with E-state index in [0.29, 0.717) is 22.3 Å². The zero-order valence-corrected chi connectivity index (χ0v) is 27.4. The van der Waals surface area contributed by atoms with Crippen LogP contribution in [-0.2, 0) is 9.59 Å². The summed E-state index contributed by atoms with van der Waals surface area (Å²) in [5, 5.41) is 31.3. The first-order valence-corrected chi connectivity index (χ1v) is 14.6. The molecule has 2 amide bonds. The average Bonchev–Trinajstić information content (AvgIpc) is 3.11. The van der Waals surface area contributed by atoms with E-state index in [1.807, 2.05) is 0 Å². The molecule has 50 heavy (non-hydrogen) atoms. The van der Waals surface area contributed by atoms with Crippen LogP contribution in [0.1, 0.15) is 20.7 Å². The van der Waals surface area contributed by atoms with Gasteiger partial charge in [0.2, 0.25) is 0 Å². The SMILES string of the molecule is COc1cc(-c2ccc(N)c(C(=O)NCC(=O)O)c2)cc(OC)c1N=Nc1c(OC)cc(-c2ccc(N)c(C(=O)NCC(=O)O)c2)cc1OC. The van der Waals surface area contributed by atoms with Crippen molar-refractivity contribution in [3.8, 4) is 45.3 Å². The van der Waals surface area contributed by atoms with Gasteiger partial charge in [-0.15, -0.1) is 10.2 Å². The number of nitrogens with two attached hydrogens (primary N) is 2. The molecule has 16 heteroatoms. The summed E-state index contributed by atoms with van der Waals surface area (Å²) in [5.41, 5.74) is 15.2. The first-order chi connectivity index (χ1) is 23.9. The third kappa shape index (κ3) is 8.17. The molecule has 0 radical (unpaired) electrons. The van der Waals surface area contributed by atoms with Crippen molar-refractivity contribution >= 4 is 46.5 Å². The highest BCUT2D eigenvalue weighted by atomic mass is 16.5. The third-order valence-electron chi connectivity index (χ3n) is 7.27. The number of nitrogens with one attached hydrogen (secondary N) is 2. The number of anilines is 2. The fourth-order valence-electron chi connectivity index (χ4n) is 4.78. The minimum absolute atomic E-state index is 0.0877. The predicted octanol–water partition coefficient (Wildman–Crippen LogP) is 4.26. The van der Waals surface area contributed by atoms with Crippen LogP contribution >= 0.6 is 0 Å². The molecule has 0 aromatic heterocycles. The molecule has 0 spiro atoms. The van der Waals surface area contributed by atoms with E-state index in [-0.39, 0.29) is 56.9 Å². The number of nitrogen functional groups attached to an aromatic ring is 2. The first kappa shape index (κ1) is 36.0. The van der Waals surface area contributed by atoms with Gasteiger partial charge in [-0.2, -0.15) is 0 Å². The Balaban J connectivity index is 1.73. The van der Waals surface area contributed by atoms with Crippen molar-refractivity contribution in [2.45, 2.75) is 0 Å². The van der Waals surface area contributed by atoms with Crippen LogP contribution < -0.4 is 41.0 Å². The van der Waals surface area contributed by atoms with Crippen LogP contribution in [-0.4, -0.2) is 75.5 Å². The molecule has 16 nitrogen and oxygen atoms in total. The van der Waals surface area contributed by atoms with Crippen molar-refractivity contribution in [1.29, 1.82) is 0 Å². The summed E-state index contributed by atoms with van der Waals surface area (Å²) in [6.45, 7) is -1.14. The molecule has 0 atom stereocenters. The Bertz CT molecular complexity index is 1800. The molecule has 0 bridgehead atoms. The van der Waals surface area contributed by atoms with E-state index in [0.717, 1.165) is 0 Å². The van der Waals surface area contributed by atoms with Crippen molar-refractivity contribution in [1.82, 2.24) is 10.6 Å². The zero-order chi connectivity index (χ0) is 36.5. The lowest BCUT2D eigenvalue weighted by Gasteiger charge is -2.15. The standard InChI is InChI=1S/C34H34N6O10/c1-47-25-11-19(17-5-7-23(35)21(9-17)33(45)37-15-29(41)42)12-26(48-2)31(25)39-40-32-27(49-3)13-20(14-28(32)50-4)18-6-8-24(36)22(10-18)34(46)38-16-30(43)44/h5-14H,15-16,35-36H2,1-4H3,(H,37,45)(H,38,46)(H,41,42)(H,43,44). The summed E-state index contributed by atoms with van der Waals surface area (Å²) in [5.74, 6) is -2.63. The highest BCUT2D eigenvalue weighted by Gasteiger charge is 2.20. The van der Waals surface area contributed by atoms with Gasteiger partial charge in [0.15, 0.2) is 34.4 Å². The minimum Gasteiger partial charge on any atom is -0.494 e. The normalized spacial score (nSPS) is 10.7. The lowest BCUT2D eigenvalue weighted by atomic mass is 10.00. The van der Waals surface area contributed by atoms with Crippen LogP contribution in [0.15, 0.2) is 70.9 Å². The average molecular weight is 687 g/mol. The van der Waals surface area contributed by atoms with Gasteiger partial charge in [0.25, 0.3) is 11.8 Å². The van der Waals surface area contributed by atoms with Crippen LogP contribution in [0.3, 0.4) is 0 Å². The van der Waals surface area contributed by atoms with Crippen molar-refractivity contribution in [2.75, 3.05) is 53.0 Å². The largest absolute Gasteiger partial charge is 0.494 e. The molecule has 4 rings (SSSR count). The number of benzene rings is 4. The fourth-order valence-corrected chi connectivity index (χ4v) is 4.78. The number of carboxylic acid groups (broad SMARTS) is 2. The minimum atomic E-state index is -1.20. The summed E-state index contributed by atoms with van der Waals surface area (Å²) in [7, 11) is 5.74. The van der Waals surface area contributed by atoms with E-state index in [4.69, 9.17) is 40.6 Å². The number of hydrogen-bond acceptors (Lipinski definition) is 12. The number of ether oxygens (including phenoxy) is 4. The van der Waals surface area contributed by atoms with Gasteiger partial charge in [-0.25, -0.2) is 0 Å². The van der Waals surface area contributed by atoms with Gasteiger partial charge < -0.3 is 51.3 Å². The summed E-state index contributed by atoms with van der Waals surface area (Å²) in [6.07, 6.45) is 0. The van der Waals surface area contributed by atoms with E-state index in [2.05, 4.69) is 20.9 Å². The number of hydrogen-bond donors (Lipinski definition) is 6. The van der Waals surface area contributed by atoms with Crippen molar-refractivity contribution < 1.29 is 48.3 Å². The molecule has 8 N–H and O–H groups in total. The van der Waals surface area contributed by atoms with Gasteiger partial charge in [0, 0.05) is 11.4 Å². The number of nitrogens with zero attached hydrogens (tertiary/aromatic N) is 2. The molecule has 0 saturated carbocycles. The van der Waals surface area contributed by atoms with Crippen LogP contribution in [0.2, 0.25) is 0 Å². The molecule has 0 fully saturated rings. The van der Waals surface area contributed by atoms with Crippen LogP contribution in [0.4, 0.5) is 22.7 Å². The molecule has 260 valence electrons. The highest BCUT2D eigenvalue weighted by molar-refractivity contribution is 6.02. The molecule has 4 aromatic rings. The number of aliphatic carboxylic acids is 2. The second kappa shape index (κ2) is 15.8. The summed E-state index contributed by atoms with van der Waals surface area (Å²) in [6, 6.07) is 16.1. The van der Waals surface area contributed by atoms with E-state index < -0.39 is 36.8 Å². The molecule has 0 aliphatic carbocycles. The Hall–Kier alpha value is -6.84. The van der Waals surface area contributed by atoms with Gasteiger partial charge in [0.05, 0.1) is 39.6 Å². The maximum Gasteiger partial charge on any atom is 0.322 e.